The highest BCUT2D eigenvalue weighted by Gasteiger charge is 2.09. The molecular formula is C14H19NO4S. The number of carbonyl (C=O) groups excluding carboxylic acids is 2. The molecule has 1 aromatic carbocycles. The van der Waals surface area contributed by atoms with Crippen molar-refractivity contribution in [2.45, 2.75) is 13.8 Å². The van der Waals surface area contributed by atoms with Gasteiger partial charge in [0.25, 0.3) is 0 Å². The van der Waals surface area contributed by atoms with Gasteiger partial charge in [-0.3, -0.25) is 9.59 Å². The Balaban J connectivity index is 2.46. The number of benzene rings is 1. The Kier molecular flexibility index (Phi) is 6.93. The molecular weight excluding hydrogens is 278 g/mol. The van der Waals surface area contributed by atoms with E-state index in [0.717, 1.165) is 5.56 Å². The smallest absolute Gasteiger partial charge is 0.315 e. The van der Waals surface area contributed by atoms with E-state index in [1.165, 1.54) is 11.8 Å². The fourth-order valence-corrected chi connectivity index (χ4v) is 2.15. The van der Waals surface area contributed by atoms with Crippen LogP contribution < -0.4 is 10.1 Å². The predicted octanol–water partition coefficient (Wildman–Crippen LogP) is 2.24. The van der Waals surface area contributed by atoms with Crippen molar-refractivity contribution in [3.05, 3.63) is 23.8 Å². The summed E-state index contributed by atoms with van der Waals surface area (Å²) in [4.78, 5) is 22.9. The molecule has 0 fully saturated rings. The Morgan fingerprint density at radius 1 is 1.30 bits per heavy atom. The van der Waals surface area contributed by atoms with Crippen LogP contribution in [0.3, 0.4) is 0 Å². The van der Waals surface area contributed by atoms with Crippen LogP contribution in [0.2, 0.25) is 0 Å². The van der Waals surface area contributed by atoms with E-state index < -0.39 is 0 Å². The van der Waals surface area contributed by atoms with Gasteiger partial charge in [0.05, 0.1) is 30.9 Å². The summed E-state index contributed by atoms with van der Waals surface area (Å²) in [6, 6.07) is 5.55. The van der Waals surface area contributed by atoms with Crippen LogP contribution in [-0.4, -0.2) is 37.1 Å². The van der Waals surface area contributed by atoms with Gasteiger partial charge in [-0.2, -0.15) is 0 Å². The van der Waals surface area contributed by atoms with Gasteiger partial charge in [-0.15, -0.1) is 11.8 Å². The van der Waals surface area contributed by atoms with Crippen LogP contribution in [0, 0.1) is 6.92 Å². The maximum Gasteiger partial charge on any atom is 0.315 e. The zero-order chi connectivity index (χ0) is 15.0. The lowest BCUT2D eigenvalue weighted by Crippen LogP contribution is -2.16. The van der Waals surface area contributed by atoms with Crippen molar-refractivity contribution < 1.29 is 19.1 Å². The summed E-state index contributed by atoms with van der Waals surface area (Å²) in [7, 11) is 1.55. The van der Waals surface area contributed by atoms with Gasteiger partial charge in [0, 0.05) is 0 Å². The number of thioether (sulfide) groups is 1. The highest BCUT2D eigenvalue weighted by molar-refractivity contribution is 8.00. The zero-order valence-corrected chi connectivity index (χ0v) is 12.7. The van der Waals surface area contributed by atoms with Crippen molar-refractivity contribution >= 4 is 29.3 Å². The number of ether oxygens (including phenoxy) is 2. The van der Waals surface area contributed by atoms with E-state index in [4.69, 9.17) is 9.47 Å². The van der Waals surface area contributed by atoms with Crippen LogP contribution in [0.15, 0.2) is 18.2 Å². The first-order valence-corrected chi connectivity index (χ1v) is 7.40. The second-order valence-corrected chi connectivity index (χ2v) is 5.04. The van der Waals surface area contributed by atoms with E-state index >= 15 is 0 Å². The van der Waals surface area contributed by atoms with E-state index in [9.17, 15) is 9.59 Å². The third-order valence-electron chi connectivity index (χ3n) is 2.39. The summed E-state index contributed by atoms with van der Waals surface area (Å²) in [5, 5.41) is 2.77. The van der Waals surface area contributed by atoms with Crippen molar-refractivity contribution in [2.75, 3.05) is 30.5 Å². The molecule has 0 aliphatic heterocycles. The molecule has 0 unspecified atom stereocenters. The number of carbonyl (C=O) groups is 2. The fraction of sp³-hybridized carbons (Fsp3) is 0.429. The molecule has 0 spiro atoms. The molecule has 0 aliphatic rings. The monoisotopic (exact) mass is 297 g/mol. The number of nitrogens with one attached hydrogen (secondary N) is 1. The van der Waals surface area contributed by atoms with Crippen LogP contribution in [0.1, 0.15) is 12.5 Å². The number of hydrogen-bond acceptors (Lipinski definition) is 5. The number of rotatable bonds is 7. The minimum atomic E-state index is -0.307. The lowest BCUT2D eigenvalue weighted by atomic mass is 10.2. The van der Waals surface area contributed by atoms with Crippen molar-refractivity contribution in [1.29, 1.82) is 0 Å². The molecule has 0 atom stereocenters. The molecule has 0 bridgehead atoms. The van der Waals surface area contributed by atoms with E-state index in [0.29, 0.717) is 18.0 Å². The summed E-state index contributed by atoms with van der Waals surface area (Å²) < 4.78 is 9.96. The van der Waals surface area contributed by atoms with Crippen molar-refractivity contribution in [3.8, 4) is 5.75 Å². The van der Waals surface area contributed by atoms with Gasteiger partial charge in [-0.1, -0.05) is 6.07 Å². The molecule has 1 aromatic rings. The predicted molar refractivity (Wildman–Crippen MR) is 80.3 cm³/mol. The van der Waals surface area contributed by atoms with Crippen LogP contribution in [0.4, 0.5) is 5.69 Å². The number of esters is 1. The Morgan fingerprint density at radius 3 is 2.70 bits per heavy atom. The van der Waals surface area contributed by atoms with Crippen molar-refractivity contribution in [1.82, 2.24) is 0 Å². The van der Waals surface area contributed by atoms with Gasteiger partial charge < -0.3 is 14.8 Å². The number of anilines is 1. The van der Waals surface area contributed by atoms with Crippen LogP contribution in [0.5, 0.6) is 5.75 Å². The highest BCUT2D eigenvalue weighted by Crippen LogP contribution is 2.25. The quantitative estimate of drug-likeness (QED) is 0.782. The third-order valence-corrected chi connectivity index (χ3v) is 3.29. The lowest BCUT2D eigenvalue weighted by Gasteiger charge is -2.10. The zero-order valence-electron chi connectivity index (χ0n) is 11.9. The molecule has 110 valence electrons. The average molecular weight is 297 g/mol. The fourth-order valence-electron chi connectivity index (χ4n) is 1.54. The molecule has 20 heavy (non-hydrogen) atoms. The average Bonchev–Trinajstić information content (AvgIpc) is 2.39. The Labute approximate surface area is 123 Å². The number of amides is 1. The molecule has 1 amide bonds. The van der Waals surface area contributed by atoms with Crippen molar-refractivity contribution in [2.24, 2.45) is 0 Å². The Morgan fingerprint density at radius 2 is 2.05 bits per heavy atom. The van der Waals surface area contributed by atoms with Crippen LogP contribution in [-0.2, 0) is 14.3 Å². The van der Waals surface area contributed by atoms with Gasteiger partial charge in [-0.05, 0) is 31.5 Å². The third kappa shape index (κ3) is 5.52. The highest BCUT2D eigenvalue weighted by atomic mass is 32.2. The summed E-state index contributed by atoms with van der Waals surface area (Å²) in [5.74, 6) is 0.489. The standard InChI is InChI=1S/C14H19NO4S/c1-4-19-14(17)9-20-8-13(16)15-11-7-10(2)5-6-12(11)18-3/h5-7H,4,8-9H2,1-3H3,(H,15,16). The van der Waals surface area contributed by atoms with Gasteiger partial charge in [0.1, 0.15) is 5.75 Å². The topological polar surface area (TPSA) is 64.6 Å². The lowest BCUT2D eigenvalue weighted by molar-refractivity contribution is -0.139. The van der Waals surface area contributed by atoms with E-state index in [1.54, 1.807) is 20.1 Å². The first kappa shape index (κ1) is 16.4. The van der Waals surface area contributed by atoms with E-state index in [1.807, 2.05) is 19.1 Å². The van der Waals surface area contributed by atoms with Gasteiger partial charge in [-0.25, -0.2) is 0 Å². The Bertz CT molecular complexity index is 476. The van der Waals surface area contributed by atoms with Crippen LogP contribution >= 0.6 is 11.8 Å². The molecule has 0 saturated heterocycles. The summed E-state index contributed by atoms with van der Waals surface area (Å²) >= 11 is 1.22. The van der Waals surface area contributed by atoms with Gasteiger partial charge in [0.2, 0.25) is 5.91 Å². The molecule has 0 heterocycles. The summed E-state index contributed by atoms with van der Waals surface area (Å²) in [6.45, 7) is 4.04. The molecule has 6 heteroatoms. The number of hydrogen-bond donors (Lipinski definition) is 1. The summed E-state index contributed by atoms with van der Waals surface area (Å²) in [5.41, 5.74) is 1.66. The van der Waals surface area contributed by atoms with Crippen LogP contribution in [0.25, 0.3) is 0 Å². The molecule has 5 nitrogen and oxygen atoms in total. The van der Waals surface area contributed by atoms with E-state index in [-0.39, 0.29) is 23.4 Å². The molecule has 1 rings (SSSR count). The van der Waals surface area contributed by atoms with Gasteiger partial charge >= 0.3 is 5.97 Å². The Hall–Kier alpha value is -1.69. The maximum absolute atomic E-state index is 11.8. The molecule has 0 aliphatic carbocycles. The SMILES string of the molecule is CCOC(=O)CSCC(=O)Nc1cc(C)ccc1OC. The molecule has 0 saturated carbocycles. The molecule has 0 radical (unpaired) electrons. The van der Waals surface area contributed by atoms with Gasteiger partial charge in [0.15, 0.2) is 0 Å². The first-order chi connectivity index (χ1) is 9.56. The molecule has 1 N–H and O–H groups in total. The first-order valence-electron chi connectivity index (χ1n) is 6.24. The number of methoxy groups -OCH3 is 1. The van der Waals surface area contributed by atoms with Crippen molar-refractivity contribution in [3.63, 3.8) is 0 Å². The van der Waals surface area contributed by atoms with E-state index in [2.05, 4.69) is 5.32 Å². The maximum atomic E-state index is 11.8. The summed E-state index contributed by atoms with van der Waals surface area (Å²) in [6.07, 6.45) is 0. The second kappa shape index (κ2) is 8.47. The second-order valence-electron chi connectivity index (χ2n) is 4.05. The minimum Gasteiger partial charge on any atom is -0.495 e. The normalized spacial score (nSPS) is 9.95. The minimum absolute atomic E-state index is 0.173. The largest absolute Gasteiger partial charge is 0.495 e. The molecule has 0 aromatic heterocycles. The number of aryl methyl sites for hydroxylation is 1.